The molecule has 1 heterocycles. The Morgan fingerprint density at radius 3 is 2.73 bits per heavy atom. The first-order chi connectivity index (χ1) is 7.31. The molecule has 0 unspecified atom stereocenters. The van der Waals surface area contributed by atoms with Gasteiger partial charge in [-0.25, -0.2) is 4.98 Å². The van der Waals surface area contributed by atoms with E-state index in [-0.39, 0.29) is 5.84 Å². The van der Waals surface area contributed by atoms with Crippen LogP contribution in [0.5, 0.6) is 0 Å². The second-order valence-corrected chi connectivity index (χ2v) is 2.89. The third-order valence-corrected chi connectivity index (χ3v) is 1.90. The number of hydrogen-bond acceptors (Lipinski definition) is 4. The Morgan fingerprint density at radius 1 is 1.33 bits per heavy atom. The molecule has 5 nitrogen and oxygen atoms in total. The smallest absolute Gasteiger partial charge is 0.226 e. The lowest BCUT2D eigenvalue weighted by Gasteiger charge is -1.92. The maximum atomic E-state index is 8.45. The fraction of sp³-hybridized carbons (Fsp3) is 0. The lowest BCUT2D eigenvalue weighted by Crippen LogP contribution is -2.13. The van der Waals surface area contributed by atoms with Gasteiger partial charge in [0.2, 0.25) is 5.89 Å². The van der Waals surface area contributed by atoms with E-state index in [0.717, 1.165) is 5.56 Å². The number of hydrogen-bond donors (Lipinski definition) is 2. The predicted octanol–water partition coefficient (Wildman–Crippen LogP) is 1.44. The molecule has 76 valence electrons. The number of nitrogens with zero attached hydrogens (tertiary/aromatic N) is 2. The van der Waals surface area contributed by atoms with Crippen molar-refractivity contribution in [3.8, 4) is 11.5 Å². The van der Waals surface area contributed by atoms with Gasteiger partial charge >= 0.3 is 0 Å². The van der Waals surface area contributed by atoms with Gasteiger partial charge in [-0.3, -0.25) is 0 Å². The van der Waals surface area contributed by atoms with E-state index in [0.29, 0.717) is 11.6 Å². The molecule has 0 bridgehead atoms. The summed E-state index contributed by atoms with van der Waals surface area (Å²) in [6, 6.07) is 9.38. The van der Waals surface area contributed by atoms with Crippen LogP contribution in [0.1, 0.15) is 5.69 Å². The summed E-state index contributed by atoms with van der Waals surface area (Å²) in [6.07, 6.45) is 1.34. The van der Waals surface area contributed by atoms with Crippen LogP contribution in [0.2, 0.25) is 0 Å². The first kappa shape index (κ1) is 9.26. The van der Waals surface area contributed by atoms with Crippen molar-refractivity contribution in [3.05, 3.63) is 42.3 Å². The van der Waals surface area contributed by atoms with Gasteiger partial charge in [0.25, 0.3) is 0 Å². The zero-order valence-corrected chi connectivity index (χ0v) is 7.79. The van der Waals surface area contributed by atoms with Crippen molar-refractivity contribution in [2.24, 2.45) is 10.9 Å². The van der Waals surface area contributed by atoms with Gasteiger partial charge in [0, 0.05) is 5.56 Å². The minimum absolute atomic E-state index is 0.0686. The number of nitrogens with two attached hydrogens (primary N) is 1. The van der Waals surface area contributed by atoms with Gasteiger partial charge in [-0.05, 0) is 12.1 Å². The molecule has 2 rings (SSSR count). The molecule has 0 aliphatic carbocycles. The Labute approximate surface area is 85.9 Å². The summed E-state index contributed by atoms with van der Waals surface area (Å²) in [7, 11) is 0. The molecule has 0 fully saturated rings. The summed E-state index contributed by atoms with van der Waals surface area (Å²) >= 11 is 0. The molecule has 0 atom stereocenters. The van der Waals surface area contributed by atoms with Gasteiger partial charge in [0.05, 0.1) is 0 Å². The highest BCUT2D eigenvalue weighted by Gasteiger charge is 2.08. The van der Waals surface area contributed by atoms with Gasteiger partial charge in [-0.2, -0.15) is 0 Å². The molecule has 2 aromatic rings. The normalized spacial score (nSPS) is 11.6. The first-order valence-corrected chi connectivity index (χ1v) is 4.30. The highest BCUT2D eigenvalue weighted by molar-refractivity contribution is 5.95. The van der Waals surface area contributed by atoms with E-state index in [2.05, 4.69) is 10.1 Å². The molecule has 0 amide bonds. The summed E-state index contributed by atoms with van der Waals surface area (Å²) in [5.74, 6) is 0.373. The summed E-state index contributed by atoms with van der Waals surface area (Å²) in [5, 5.41) is 11.3. The molecule has 0 aliphatic heterocycles. The topological polar surface area (TPSA) is 84.6 Å². The molecule has 0 spiro atoms. The molecule has 0 radical (unpaired) electrons. The van der Waals surface area contributed by atoms with Crippen molar-refractivity contribution < 1.29 is 9.62 Å². The molecular weight excluding hydrogens is 194 g/mol. The fourth-order valence-electron chi connectivity index (χ4n) is 1.16. The van der Waals surface area contributed by atoms with Crippen molar-refractivity contribution in [3.63, 3.8) is 0 Å². The molecule has 1 aromatic heterocycles. The van der Waals surface area contributed by atoms with E-state index in [1.54, 1.807) is 0 Å². The molecule has 0 saturated heterocycles. The zero-order valence-electron chi connectivity index (χ0n) is 7.79. The van der Waals surface area contributed by atoms with Crippen LogP contribution >= 0.6 is 0 Å². The number of amidine groups is 1. The number of oxime groups is 1. The minimum atomic E-state index is -0.0686. The van der Waals surface area contributed by atoms with Gasteiger partial charge in [0.15, 0.2) is 5.84 Å². The van der Waals surface area contributed by atoms with Crippen LogP contribution in [0.25, 0.3) is 11.5 Å². The van der Waals surface area contributed by atoms with Crippen LogP contribution in [0.3, 0.4) is 0 Å². The van der Waals surface area contributed by atoms with Crippen LogP contribution < -0.4 is 5.73 Å². The lowest BCUT2D eigenvalue weighted by molar-refractivity contribution is 0.318. The highest BCUT2D eigenvalue weighted by Crippen LogP contribution is 2.17. The van der Waals surface area contributed by atoms with Gasteiger partial charge in [-0.15, -0.1) is 0 Å². The Kier molecular flexibility index (Phi) is 2.37. The van der Waals surface area contributed by atoms with Crippen LogP contribution in [-0.4, -0.2) is 16.0 Å². The highest BCUT2D eigenvalue weighted by atomic mass is 16.4. The molecule has 0 aliphatic rings. The molecule has 1 aromatic carbocycles. The Morgan fingerprint density at radius 2 is 2.07 bits per heavy atom. The summed E-state index contributed by atoms with van der Waals surface area (Å²) in [4.78, 5) is 4.07. The van der Waals surface area contributed by atoms with E-state index >= 15 is 0 Å². The van der Waals surface area contributed by atoms with Crippen LogP contribution in [-0.2, 0) is 0 Å². The van der Waals surface area contributed by atoms with E-state index in [9.17, 15) is 0 Å². The van der Waals surface area contributed by atoms with Gasteiger partial charge < -0.3 is 15.4 Å². The number of oxazole rings is 1. The maximum Gasteiger partial charge on any atom is 0.226 e. The second-order valence-electron chi connectivity index (χ2n) is 2.89. The van der Waals surface area contributed by atoms with Crippen molar-refractivity contribution in [1.29, 1.82) is 0 Å². The van der Waals surface area contributed by atoms with Gasteiger partial charge in [0.1, 0.15) is 12.0 Å². The average Bonchev–Trinajstić information content (AvgIpc) is 2.78. The molecule has 5 heteroatoms. The van der Waals surface area contributed by atoms with Crippen molar-refractivity contribution in [2.75, 3.05) is 0 Å². The van der Waals surface area contributed by atoms with E-state index < -0.39 is 0 Å². The van der Waals surface area contributed by atoms with Crippen LogP contribution in [0.4, 0.5) is 0 Å². The van der Waals surface area contributed by atoms with E-state index in [1.165, 1.54) is 6.26 Å². The Hall–Kier alpha value is -2.30. The SMILES string of the molecule is N/C(=N\O)c1coc(-c2ccccc2)n1. The first-order valence-electron chi connectivity index (χ1n) is 4.30. The number of aromatic nitrogens is 1. The van der Waals surface area contributed by atoms with Gasteiger partial charge in [-0.1, -0.05) is 23.4 Å². The average molecular weight is 203 g/mol. The van der Waals surface area contributed by atoms with E-state index in [4.69, 9.17) is 15.4 Å². The third-order valence-electron chi connectivity index (χ3n) is 1.90. The molecule has 15 heavy (non-hydrogen) atoms. The molecule has 0 saturated carbocycles. The Balaban J connectivity index is 2.36. The van der Waals surface area contributed by atoms with Crippen molar-refractivity contribution >= 4 is 5.84 Å². The second kappa shape index (κ2) is 3.83. The Bertz CT molecular complexity index is 476. The lowest BCUT2D eigenvalue weighted by atomic mass is 10.2. The summed E-state index contributed by atoms with van der Waals surface area (Å²) < 4.78 is 5.19. The standard InChI is InChI=1S/C10H9N3O2/c11-9(13-14)8-6-15-10(12-8)7-4-2-1-3-5-7/h1-6,14H,(H2,11,13). The van der Waals surface area contributed by atoms with Crippen LogP contribution in [0, 0.1) is 0 Å². The van der Waals surface area contributed by atoms with E-state index in [1.807, 2.05) is 30.3 Å². The summed E-state index contributed by atoms with van der Waals surface area (Å²) in [6.45, 7) is 0. The monoisotopic (exact) mass is 203 g/mol. The van der Waals surface area contributed by atoms with Crippen molar-refractivity contribution in [1.82, 2.24) is 4.98 Å². The predicted molar refractivity (Wildman–Crippen MR) is 54.4 cm³/mol. The van der Waals surface area contributed by atoms with Crippen molar-refractivity contribution in [2.45, 2.75) is 0 Å². The van der Waals surface area contributed by atoms with Crippen LogP contribution in [0.15, 0.2) is 46.2 Å². The quantitative estimate of drug-likeness (QED) is 0.334. The molecular formula is C10H9N3O2. The summed E-state index contributed by atoms with van der Waals surface area (Å²) in [5.41, 5.74) is 6.52. The minimum Gasteiger partial charge on any atom is -0.444 e. The number of benzene rings is 1. The number of rotatable bonds is 2. The zero-order chi connectivity index (χ0) is 10.7. The molecule has 3 N–H and O–H groups in total. The maximum absolute atomic E-state index is 8.45. The fourth-order valence-corrected chi connectivity index (χ4v) is 1.16. The largest absolute Gasteiger partial charge is 0.444 e. The third kappa shape index (κ3) is 1.80.